The highest BCUT2D eigenvalue weighted by Gasteiger charge is 2.03. The first-order chi connectivity index (χ1) is 10.1. The van der Waals surface area contributed by atoms with Crippen molar-refractivity contribution >= 4 is 6.03 Å². The van der Waals surface area contributed by atoms with Crippen LogP contribution in [0.1, 0.15) is 25.2 Å². The molecule has 112 valence electrons. The van der Waals surface area contributed by atoms with Crippen LogP contribution >= 0.6 is 0 Å². The fraction of sp³-hybridized carbons (Fsp3) is 0.312. The number of hydrogen-bond acceptors (Lipinski definition) is 3. The average molecular weight is 288 g/mol. The van der Waals surface area contributed by atoms with Crippen molar-refractivity contribution in [2.45, 2.75) is 33.0 Å². The first-order valence-electron chi connectivity index (χ1n) is 6.93. The second kappa shape index (κ2) is 7.38. The van der Waals surface area contributed by atoms with Crippen LogP contribution in [0.15, 0.2) is 47.1 Å². The zero-order valence-electron chi connectivity index (χ0n) is 12.3. The fourth-order valence-corrected chi connectivity index (χ4v) is 1.78. The van der Waals surface area contributed by atoms with Crippen LogP contribution in [0, 0.1) is 0 Å². The van der Waals surface area contributed by atoms with Crippen molar-refractivity contribution in [1.29, 1.82) is 0 Å². The molecule has 1 aromatic carbocycles. The van der Waals surface area contributed by atoms with Gasteiger partial charge in [-0.25, -0.2) is 4.79 Å². The maximum Gasteiger partial charge on any atom is 0.315 e. The van der Waals surface area contributed by atoms with Gasteiger partial charge in [0.25, 0.3) is 0 Å². The minimum Gasteiger partial charge on any atom is -0.491 e. The van der Waals surface area contributed by atoms with Crippen molar-refractivity contribution in [3.8, 4) is 5.75 Å². The van der Waals surface area contributed by atoms with Crippen LogP contribution in [0.3, 0.4) is 0 Å². The van der Waals surface area contributed by atoms with Crippen LogP contribution in [0.4, 0.5) is 4.79 Å². The van der Waals surface area contributed by atoms with Gasteiger partial charge in [-0.1, -0.05) is 12.1 Å². The summed E-state index contributed by atoms with van der Waals surface area (Å²) < 4.78 is 10.7. The second-order valence-corrected chi connectivity index (χ2v) is 4.93. The lowest BCUT2D eigenvalue weighted by molar-refractivity contribution is 0.239. The Bertz CT molecular complexity index is 547. The largest absolute Gasteiger partial charge is 0.491 e. The Morgan fingerprint density at radius 1 is 1.14 bits per heavy atom. The van der Waals surface area contributed by atoms with Crippen molar-refractivity contribution < 1.29 is 13.9 Å². The Hall–Kier alpha value is -2.43. The third-order valence-electron chi connectivity index (χ3n) is 2.75. The lowest BCUT2D eigenvalue weighted by Crippen LogP contribution is -2.34. The van der Waals surface area contributed by atoms with Crippen LogP contribution in [0.25, 0.3) is 0 Å². The Balaban J connectivity index is 1.73. The van der Waals surface area contributed by atoms with E-state index in [1.54, 1.807) is 12.3 Å². The van der Waals surface area contributed by atoms with Gasteiger partial charge in [-0.2, -0.15) is 0 Å². The molecule has 2 amide bonds. The highest BCUT2D eigenvalue weighted by Crippen LogP contribution is 2.13. The number of hydrogen-bond donors (Lipinski definition) is 2. The van der Waals surface area contributed by atoms with E-state index in [0.717, 1.165) is 17.1 Å². The molecule has 2 rings (SSSR count). The predicted octanol–water partition coefficient (Wildman–Crippen LogP) is 3.07. The molecule has 0 spiro atoms. The van der Waals surface area contributed by atoms with Gasteiger partial charge in [0.05, 0.1) is 18.9 Å². The summed E-state index contributed by atoms with van der Waals surface area (Å²) in [7, 11) is 0. The highest BCUT2D eigenvalue weighted by atomic mass is 16.5. The van der Waals surface area contributed by atoms with E-state index < -0.39 is 0 Å². The summed E-state index contributed by atoms with van der Waals surface area (Å²) in [6.45, 7) is 4.81. The van der Waals surface area contributed by atoms with Crippen molar-refractivity contribution in [2.75, 3.05) is 0 Å². The molecule has 0 saturated heterocycles. The summed E-state index contributed by atoms with van der Waals surface area (Å²) in [4.78, 5) is 11.6. The molecular weight excluding hydrogens is 268 g/mol. The smallest absolute Gasteiger partial charge is 0.315 e. The van der Waals surface area contributed by atoms with Crippen molar-refractivity contribution in [1.82, 2.24) is 10.6 Å². The number of amides is 2. The third kappa shape index (κ3) is 5.22. The third-order valence-corrected chi connectivity index (χ3v) is 2.75. The topological polar surface area (TPSA) is 63.5 Å². The number of furan rings is 1. The van der Waals surface area contributed by atoms with Crippen molar-refractivity contribution in [3.63, 3.8) is 0 Å². The van der Waals surface area contributed by atoms with E-state index in [1.807, 2.05) is 44.2 Å². The molecule has 0 aliphatic heterocycles. The second-order valence-electron chi connectivity index (χ2n) is 4.93. The summed E-state index contributed by atoms with van der Waals surface area (Å²) in [5, 5.41) is 5.51. The number of urea groups is 1. The lowest BCUT2D eigenvalue weighted by Gasteiger charge is -2.10. The van der Waals surface area contributed by atoms with Crippen LogP contribution in [0.5, 0.6) is 5.75 Å². The number of nitrogens with one attached hydrogen (secondary N) is 2. The number of carbonyl (C=O) groups is 1. The summed E-state index contributed by atoms with van der Waals surface area (Å²) in [5.74, 6) is 1.55. The Morgan fingerprint density at radius 2 is 1.86 bits per heavy atom. The lowest BCUT2D eigenvalue weighted by atomic mass is 10.2. The molecule has 0 radical (unpaired) electrons. The van der Waals surface area contributed by atoms with Crippen LogP contribution in [0.2, 0.25) is 0 Å². The molecule has 5 heteroatoms. The van der Waals surface area contributed by atoms with Gasteiger partial charge in [-0.15, -0.1) is 0 Å². The van der Waals surface area contributed by atoms with E-state index in [1.165, 1.54) is 0 Å². The average Bonchev–Trinajstić information content (AvgIpc) is 2.97. The van der Waals surface area contributed by atoms with E-state index in [-0.39, 0.29) is 12.1 Å². The standard InChI is InChI=1S/C16H20N2O3/c1-12(2)21-14-7-5-13(6-8-14)10-17-16(19)18-11-15-4-3-9-20-15/h3-9,12H,10-11H2,1-2H3,(H2,17,18,19). The molecule has 21 heavy (non-hydrogen) atoms. The first-order valence-corrected chi connectivity index (χ1v) is 6.93. The molecule has 0 unspecified atom stereocenters. The SMILES string of the molecule is CC(C)Oc1ccc(CNC(=O)NCc2ccco2)cc1. The molecule has 1 heterocycles. The fourth-order valence-electron chi connectivity index (χ4n) is 1.78. The molecule has 2 N–H and O–H groups in total. The van der Waals surface area contributed by atoms with Gasteiger partial charge in [0.15, 0.2) is 0 Å². The van der Waals surface area contributed by atoms with E-state index in [0.29, 0.717) is 13.1 Å². The molecule has 0 fully saturated rings. The molecule has 0 aliphatic carbocycles. The van der Waals surface area contributed by atoms with Crippen LogP contribution in [-0.2, 0) is 13.1 Å². The van der Waals surface area contributed by atoms with Gasteiger partial charge in [0, 0.05) is 6.54 Å². The maximum atomic E-state index is 11.6. The van der Waals surface area contributed by atoms with Gasteiger partial charge in [0.1, 0.15) is 11.5 Å². The summed E-state index contributed by atoms with van der Waals surface area (Å²) in [6.07, 6.45) is 1.73. The van der Waals surface area contributed by atoms with E-state index in [4.69, 9.17) is 9.15 Å². The van der Waals surface area contributed by atoms with Gasteiger partial charge in [-0.3, -0.25) is 0 Å². The molecule has 2 aromatic rings. The highest BCUT2D eigenvalue weighted by molar-refractivity contribution is 5.73. The number of ether oxygens (including phenoxy) is 1. The Labute approximate surface area is 124 Å². The van der Waals surface area contributed by atoms with Crippen LogP contribution in [-0.4, -0.2) is 12.1 Å². The van der Waals surface area contributed by atoms with Crippen LogP contribution < -0.4 is 15.4 Å². The molecule has 5 nitrogen and oxygen atoms in total. The summed E-state index contributed by atoms with van der Waals surface area (Å²) in [6, 6.07) is 11.0. The van der Waals surface area contributed by atoms with E-state index in [9.17, 15) is 4.79 Å². The quantitative estimate of drug-likeness (QED) is 0.858. The van der Waals surface area contributed by atoms with E-state index >= 15 is 0 Å². The molecule has 0 bridgehead atoms. The Kier molecular flexibility index (Phi) is 5.26. The number of carbonyl (C=O) groups excluding carboxylic acids is 1. The molecule has 0 aliphatic rings. The minimum atomic E-state index is -0.228. The number of benzene rings is 1. The monoisotopic (exact) mass is 288 g/mol. The maximum absolute atomic E-state index is 11.6. The van der Waals surface area contributed by atoms with Crippen molar-refractivity contribution in [2.24, 2.45) is 0 Å². The van der Waals surface area contributed by atoms with Gasteiger partial charge in [0.2, 0.25) is 0 Å². The van der Waals surface area contributed by atoms with Gasteiger partial charge < -0.3 is 19.8 Å². The van der Waals surface area contributed by atoms with Gasteiger partial charge in [-0.05, 0) is 43.7 Å². The summed E-state index contributed by atoms with van der Waals surface area (Å²) in [5.41, 5.74) is 1.01. The normalized spacial score (nSPS) is 10.4. The summed E-state index contributed by atoms with van der Waals surface area (Å²) >= 11 is 0. The minimum absolute atomic E-state index is 0.154. The molecular formula is C16H20N2O3. The molecule has 1 aromatic heterocycles. The van der Waals surface area contributed by atoms with Crippen molar-refractivity contribution in [3.05, 3.63) is 54.0 Å². The molecule has 0 saturated carbocycles. The Morgan fingerprint density at radius 3 is 2.48 bits per heavy atom. The number of rotatable bonds is 6. The first kappa shape index (κ1) is 15.0. The molecule has 0 atom stereocenters. The predicted molar refractivity (Wildman–Crippen MR) is 80.0 cm³/mol. The zero-order valence-corrected chi connectivity index (χ0v) is 12.3. The van der Waals surface area contributed by atoms with E-state index in [2.05, 4.69) is 10.6 Å². The zero-order chi connectivity index (χ0) is 15.1. The van der Waals surface area contributed by atoms with Gasteiger partial charge >= 0.3 is 6.03 Å².